The summed E-state index contributed by atoms with van der Waals surface area (Å²) >= 11 is 0. The Morgan fingerprint density at radius 2 is 2.00 bits per heavy atom. The van der Waals surface area contributed by atoms with Crippen LogP contribution >= 0.6 is 0 Å². The number of hydrogen-bond acceptors (Lipinski definition) is 2. The van der Waals surface area contributed by atoms with Crippen molar-refractivity contribution in [2.45, 2.75) is 65.5 Å². The van der Waals surface area contributed by atoms with Crippen LogP contribution in [0.4, 0.5) is 0 Å². The molecule has 1 aliphatic carbocycles. The zero-order chi connectivity index (χ0) is 12.1. The van der Waals surface area contributed by atoms with E-state index in [0.717, 1.165) is 24.4 Å². The van der Waals surface area contributed by atoms with Crippen LogP contribution in [0.5, 0.6) is 0 Å². The summed E-state index contributed by atoms with van der Waals surface area (Å²) in [7, 11) is 0. The first kappa shape index (κ1) is 14.0. The van der Waals surface area contributed by atoms with E-state index in [-0.39, 0.29) is 0 Å². The van der Waals surface area contributed by atoms with E-state index in [1.807, 2.05) is 0 Å². The molecule has 0 heterocycles. The Labute approximate surface area is 102 Å². The van der Waals surface area contributed by atoms with Crippen LogP contribution in [0, 0.1) is 11.8 Å². The second-order valence-corrected chi connectivity index (χ2v) is 5.57. The van der Waals surface area contributed by atoms with Crippen molar-refractivity contribution in [3.8, 4) is 0 Å². The lowest BCUT2D eigenvalue weighted by Crippen LogP contribution is -2.50. The summed E-state index contributed by atoms with van der Waals surface area (Å²) in [6, 6.07) is 1.43. The number of hydrogen-bond donors (Lipinski definition) is 1. The van der Waals surface area contributed by atoms with Gasteiger partial charge in [-0.25, -0.2) is 0 Å². The van der Waals surface area contributed by atoms with Crippen molar-refractivity contribution in [1.29, 1.82) is 0 Å². The molecule has 0 aromatic carbocycles. The molecule has 2 heteroatoms. The number of rotatable bonds is 5. The third-order valence-electron chi connectivity index (χ3n) is 4.47. The van der Waals surface area contributed by atoms with Gasteiger partial charge in [-0.15, -0.1) is 0 Å². The maximum Gasteiger partial charge on any atom is 0.0141 e. The summed E-state index contributed by atoms with van der Waals surface area (Å²) in [5, 5.41) is 0. The molecule has 1 rings (SSSR count). The minimum Gasteiger partial charge on any atom is -0.330 e. The maximum absolute atomic E-state index is 5.95. The van der Waals surface area contributed by atoms with Gasteiger partial charge in [0.25, 0.3) is 0 Å². The van der Waals surface area contributed by atoms with E-state index in [9.17, 15) is 0 Å². The summed E-state index contributed by atoms with van der Waals surface area (Å²) in [5.74, 6) is 1.61. The highest BCUT2D eigenvalue weighted by molar-refractivity contribution is 4.87. The van der Waals surface area contributed by atoms with E-state index < -0.39 is 0 Å². The Hall–Kier alpha value is -0.0800. The van der Waals surface area contributed by atoms with Crippen molar-refractivity contribution in [1.82, 2.24) is 4.90 Å². The van der Waals surface area contributed by atoms with Gasteiger partial charge in [-0.3, -0.25) is 4.90 Å². The molecule has 0 radical (unpaired) electrons. The van der Waals surface area contributed by atoms with Gasteiger partial charge in [-0.1, -0.05) is 27.2 Å². The highest BCUT2D eigenvalue weighted by atomic mass is 15.2. The van der Waals surface area contributed by atoms with Gasteiger partial charge in [0.15, 0.2) is 0 Å². The fraction of sp³-hybridized carbons (Fsp3) is 1.00. The Morgan fingerprint density at radius 3 is 2.50 bits per heavy atom. The van der Waals surface area contributed by atoms with Gasteiger partial charge in [-0.2, -0.15) is 0 Å². The van der Waals surface area contributed by atoms with Gasteiger partial charge in [-0.05, 0) is 51.1 Å². The average Bonchev–Trinajstić information content (AvgIpc) is 2.30. The summed E-state index contributed by atoms with van der Waals surface area (Å²) in [4.78, 5) is 2.69. The standard InChI is InChI=1S/C14H30N2/c1-5-12(4)16(6-2)14-9-11(3)7-8-13(14)10-15/h11-14H,5-10,15H2,1-4H3. The molecule has 4 atom stereocenters. The van der Waals surface area contributed by atoms with E-state index >= 15 is 0 Å². The molecule has 4 unspecified atom stereocenters. The zero-order valence-corrected chi connectivity index (χ0v) is 11.6. The second-order valence-electron chi connectivity index (χ2n) is 5.57. The predicted octanol–water partition coefficient (Wildman–Crippen LogP) is 2.87. The summed E-state index contributed by atoms with van der Waals surface area (Å²) < 4.78 is 0. The molecule has 96 valence electrons. The van der Waals surface area contributed by atoms with Gasteiger partial charge in [0.1, 0.15) is 0 Å². The van der Waals surface area contributed by atoms with Crippen molar-refractivity contribution >= 4 is 0 Å². The smallest absolute Gasteiger partial charge is 0.0141 e. The lowest BCUT2D eigenvalue weighted by atomic mass is 9.77. The molecule has 1 saturated carbocycles. The molecule has 0 bridgehead atoms. The molecule has 0 saturated heterocycles. The highest BCUT2D eigenvalue weighted by Crippen LogP contribution is 2.32. The van der Waals surface area contributed by atoms with Gasteiger partial charge in [0.05, 0.1) is 0 Å². The first-order chi connectivity index (χ1) is 7.63. The predicted molar refractivity (Wildman–Crippen MR) is 71.5 cm³/mol. The highest BCUT2D eigenvalue weighted by Gasteiger charge is 2.32. The second kappa shape index (κ2) is 6.61. The van der Waals surface area contributed by atoms with Crippen LogP contribution in [0.25, 0.3) is 0 Å². The molecular formula is C14H30N2. The first-order valence-electron chi connectivity index (χ1n) is 7.09. The molecule has 0 aliphatic heterocycles. The van der Waals surface area contributed by atoms with Crippen LogP contribution in [0.1, 0.15) is 53.4 Å². The molecular weight excluding hydrogens is 196 g/mol. The van der Waals surface area contributed by atoms with Crippen molar-refractivity contribution < 1.29 is 0 Å². The zero-order valence-electron chi connectivity index (χ0n) is 11.6. The fourth-order valence-corrected chi connectivity index (χ4v) is 3.20. The lowest BCUT2D eigenvalue weighted by molar-refractivity contribution is 0.0586. The molecule has 0 amide bonds. The van der Waals surface area contributed by atoms with Crippen LogP contribution in [-0.2, 0) is 0 Å². The normalized spacial score (nSPS) is 33.0. The summed E-state index contributed by atoms with van der Waals surface area (Å²) in [6.45, 7) is 11.4. The fourth-order valence-electron chi connectivity index (χ4n) is 3.20. The van der Waals surface area contributed by atoms with E-state index in [1.54, 1.807) is 0 Å². The Balaban J connectivity index is 2.70. The molecule has 0 aromatic rings. The largest absolute Gasteiger partial charge is 0.330 e. The quantitative estimate of drug-likeness (QED) is 0.781. The Bertz CT molecular complexity index is 193. The van der Waals surface area contributed by atoms with E-state index in [4.69, 9.17) is 5.73 Å². The van der Waals surface area contributed by atoms with Crippen molar-refractivity contribution in [2.75, 3.05) is 13.1 Å². The minimum absolute atomic E-state index is 0.703. The molecule has 0 aromatic heterocycles. The molecule has 1 fully saturated rings. The first-order valence-corrected chi connectivity index (χ1v) is 7.09. The van der Waals surface area contributed by atoms with Crippen LogP contribution < -0.4 is 5.73 Å². The maximum atomic E-state index is 5.95. The van der Waals surface area contributed by atoms with Crippen LogP contribution in [-0.4, -0.2) is 30.1 Å². The van der Waals surface area contributed by atoms with Gasteiger partial charge in [0.2, 0.25) is 0 Å². The van der Waals surface area contributed by atoms with Crippen LogP contribution in [0.2, 0.25) is 0 Å². The van der Waals surface area contributed by atoms with Crippen molar-refractivity contribution in [3.05, 3.63) is 0 Å². The molecule has 16 heavy (non-hydrogen) atoms. The molecule has 2 nitrogen and oxygen atoms in total. The summed E-state index contributed by atoms with van der Waals surface area (Å²) in [6.07, 6.45) is 5.29. The van der Waals surface area contributed by atoms with Crippen molar-refractivity contribution in [2.24, 2.45) is 17.6 Å². The Morgan fingerprint density at radius 1 is 1.31 bits per heavy atom. The van der Waals surface area contributed by atoms with Gasteiger partial charge in [0, 0.05) is 12.1 Å². The number of nitrogens with zero attached hydrogens (tertiary/aromatic N) is 1. The molecule has 2 N–H and O–H groups in total. The van der Waals surface area contributed by atoms with Gasteiger partial charge >= 0.3 is 0 Å². The van der Waals surface area contributed by atoms with E-state index in [1.165, 1.54) is 32.2 Å². The Kier molecular flexibility index (Phi) is 5.77. The minimum atomic E-state index is 0.703. The van der Waals surface area contributed by atoms with Crippen molar-refractivity contribution in [3.63, 3.8) is 0 Å². The van der Waals surface area contributed by atoms with Crippen LogP contribution in [0.15, 0.2) is 0 Å². The number of nitrogens with two attached hydrogens (primary N) is 1. The van der Waals surface area contributed by atoms with Crippen LogP contribution in [0.3, 0.4) is 0 Å². The van der Waals surface area contributed by atoms with Gasteiger partial charge < -0.3 is 5.73 Å². The monoisotopic (exact) mass is 226 g/mol. The third-order valence-corrected chi connectivity index (χ3v) is 4.47. The average molecular weight is 226 g/mol. The molecule has 0 spiro atoms. The third kappa shape index (κ3) is 3.21. The summed E-state index contributed by atoms with van der Waals surface area (Å²) in [5.41, 5.74) is 5.95. The van der Waals surface area contributed by atoms with E-state index in [2.05, 4.69) is 32.6 Å². The lowest BCUT2D eigenvalue weighted by Gasteiger charge is -2.44. The SMILES string of the molecule is CCC(C)N(CC)C1CC(C)CCC1CN. The molecule has 1 aliphatic rings. The van der Waals surface area contributed by atoms with E-state index in [0.29, 0.717) is 6.04 Å². The topological polar surface area (TPSA) is 29.3 Å².